The highest BCUT2D eigenvalue weighted by Crippen LogP contribution is 2.16. The molecule has 0 aliphatic heterocycles. The van der Waals surface area contributed by atoms with Crippen molar-refractivity contribution in [2.45, 2.75) is 18.9 Å². The Morgan fingerprint density at radius 1 is 1.43 bits per heavy atom. The molecule has 1 aromatic carbocycles. The molecule has 1 unspecified atom stereocenters. The van der Waals surface area contributed by atoms with Crippen LogP contribution in [-0.4, -0.2) is 10.9 Å². The number of benzene rings is 1. The summed E-state index contributed by atoms with van der Waals surface area (Å²) in [7, 11) is 0. The van der Waals surface area contributed by atoms with Gasteiger partial charge in [-0.15, -0.1) is 6.58 Å². The summed E-state index contributed by atoms with van der Waals surface area (Å²) in [4.78, 5) is 11.2. The molecule has 0 saturated carbocycles. The van der Waals surface area contributed by atoms with Crippen molar-refractivity contribution in [3.8, 4) is 0 Å². The summed E-state index contributed by atoms with van der Waals surface area (Å²) in [5.74, 6) is 0.0105. The van der Waals surface area contributed by atoms with E-state index in [1.807, 2.05) is 30.3 Å². The second-order valence-electron chi connectivity index (χ2n) is 3.16. The van der Waals surface area contributed by atoms with E-state index in [9.17, 15) is 9.90 Å². The van der Waals surface area contributed by atoms with E-state index >= 15 is 0 Å². The fraction of sp³-hybridized carbons (Fsp3) is 0.250. The first-order chi connectivity index (χ1) is 6.74. The average Bonchev–Trinajstić information content (AvgIpc) is 2.19. The Morgan fingerprint density at radius 2 is 2.07 bits per heavy atom. The van der Waals surface area contributed by atoms with Gasteiger partial charge in [-0.25, -0.2) is 0 Å². The molecule has 0 heterocycles. The first kappa shape index (κ1) is 10.7. The van der Waals surface area contributed by atoms with Crippen LogP contribution in [0.15, 0.2) is 43.0 Å². The summed E-state index contributed by atoms with van der Waals surface area (Å²) in [5, 5.41) is 9.66. The van der Waals surface area contributed by atoms with E-state index in [1.165, 1.54) is 0 Å². The third-order valence-corrected chi connectivity index (χ3v) is 1.98. The average molecular weight is 190 g/mol. The monoisotopic (exact) mass is 190 g/mol. The maximum absolute atomic E-state index is 11.2. The molecular formula is C12H14O2. The van der Waals surface area contributed by atoms with Crippen LogP contribution in [0.3, 0.4) is 0 Å². The molecule has 1 rings (SSSR count). The van der Waals surface area contributed by atoms with Crippen LogP contribution in [0.5, 0.6) is 0 Å². The summed E-state index contributed by atoms with van der Waals surface area (Å²) in [6.07, 6.45) is 1.35. The van der Waals surface area contributed by atoms with Crippen molar-refractivity contribution in [2.75, 3.05) is 0 Å². The number of hydrogen-bond donors (Lipinski definition) is 1. The first-order valence-electron chi connectivity index (χ1n) is 4.59. The quantitative estimate of drug-likeness (QED) is 0.723. The molecule has 0 aliphatic carbocycles. The third-order valence-electron chi connectivity index (χ3n) is 1.98. The zero-order valence-corrected chi connectivity index (χ0v) is 8.02. The number of hydrogen-bond acceptors (Lipinski definition) is 2. The number of Topliss-reactive ketones (excluding diaryl/α,β-unsaturated/α-hetero) is 1. The lowest BCUT2D eigenvalue weighted by Gasteiger charge is -2.08. The largest absolute Gasteiger partial charge is 0.388 e. The number of aliphatic hydroxyl groups is 1. The predicted molar refractivity (Wildman–Crippen MR) is 55.8 cm³/mol. The highest BCUT2D eigenvalue weighted by atomic mass is 16.3. The van der Waals surface area contributed by atoms with Gasteiger partial charge in [0.05, 0.1) is 6.10 Å². The van der Waals surface area contributed by atoms with Crippen LogP contribution in [0.2, 0.25) is 0 Å². The molecule has 2 heteroatoms. The first-order valence-corrected chi connectivity index (χ1v) is 4.59. The molecule has 14 heavy (non-hydrogen) atoms. The molecular weight excluding hydrogens is 176 g/mol. The highest BCUT2D eigenvalue weighted by Gasteiger charge is 2.10. The van der Waals surface area contributed by atoms with Gasteiger partial charge in [-0.05, 0) is 5.56 Å². The maximum Gasteiger partial charge on any atom is 0.139 e. The second kappa shape index (κ2) is 5.35. The van der Waals surface area contributed by atoms with Gasteiger partial charge in [0.25, 0.3) is 0 Å². The van der Waals surface area contributed by atoms with Gasteiger partial charge in [-0.3, -0.25) is 4.79 Å². The smallest absolute Gasteiger partial charge is 0.139 e. The Hall–Kier alpha value is -1.41. The van der Waals surface area contributed by atoms with Crippen LogP contribution in [0, 0.1) is 0 Å². The lowest BCUT2D eigenvalue weighted by atomic mass is 10.0. The van der Waals surface area contributed by atoms with E-state index in [4.69, 9.17) is 0 Å². The van der Waals surface area contributed by atoms with Crippen LogP contribution in [-0.2, 0) is 4.79 Å². The molecule has 0 radical (unpaired) electrons. The van der Waals surface area contributed by atoms with Crippen molar-refractivity contribution in [3.63, 3.8) is 0 Å². The van der Waals surface area contributed by atoms with E-state index in [2.05, 4.69) is 6.58 Å². The van der Waals surface area contributed by atoms with Crippen LogP contribution in [0.4, 0.5) is 0 Å². The molecule has 1 N–H and O–H groups in total. The van der Waals surface area contributed by atoms with Gasteiger partial charge in [0, 0.05) is 12.8 Å². The number of carbonyl (C=O) groups excluding carboxylic acids is 1. The Bertz CT molecular complexity index is 303. The summed E-state index contributed by atoms with van der Waals surface area (Å²) in [6, 6.07) is 9.19. The van der Waals surface area contributed by atoms with Crippen LogP contribution >= 0.6 is 0 Å². The van der Waals surface area contributed by atoms with Crippen molar-refractivity contribution in [1.82, 2.24) is 0 Å². The summed E-state index contributed by atoms with van der Waals surface area (Å²) >= 11 is 0. The molecule has 0 bridgehead atoms. The number of ketones is 1. The maximum atomic E-state index is 11.2. The fourth-order valence-electron chi connectivity index (χ4n) is 1.25. The minimum absolute atomic E-state index is 0.0105. The fourth-order valence-corrected chi connectivity index (χ4v) is 1.25. The SMILES string of the molecule is C=CCC(=O)CC(O)c1ccccc1. The van der Waals surface area contributed by atoms with Crippen LogP contribution in [0.25, 0.3) is 0 Å². The third kappa shape index (κ3) is 3.15. The van der Waals surface area contributed by atoms with E-state index in [1.54, 1.807) is 6.08 Å². The van der Waals surface area contributed by atoms with Gasteiger partial charge in [-0.2, -0.15) is 0 Å². The minimum Gasteiger partial charge on any atom is -0.388 e. The molecule has 0 amide bonds. The molecule has 2 nitrogen and oxygen atoms in total. The number of rotatable bonds is 5. The molecule has 0 spiro atoms. The predicted octanol–water partition coefficient (Wildman–Crippen LogP) is 2.26. The van der Waals surface area contributed by atoms with Gasteiger partial charge in [0.15, 0.2) is 0 Å². The van der Waals surface area contributed by atoms with Crippen molar-refractivity contribution >= 4 is 5.78 Å². The van der Waals surface area contributed by atoms with E-state index in [0.717, 1.165) is 5.56 Å². The Labute approximate surface area is 83.9 Å². The molecule has 0 fully saturated rings. The number of aliphatic hydroxyl groups excluding tert-OH is 1. The summed E-state index contributed by atoms with van der Waals surface area (Å²) < 4.78 is 0. The van der Waals surface area contributed by atoms with E-state index in [-0.39, 0.29) is 12.2 Å². The summed E-state index contributed by atoms with van der Waals surface area (Å²) in [6.45, 7) is 3.48. The van der Waals surface area contributed by atoms with Crippen LogP contribution < -0.4 is 0 Å². The standard InChI is InChI=1S/C12H14O2/c1-2-6-11(13)9-12(14)10-7-4-3-5-8-10/h2-5,7-8,12,14H,1,6,9H2. The number of carbonyl (C=O) groups is 1. The molecule has 1 aromatic rings. The normalized spacial score (nSPS) is 12.1. The zero-order chi connectivity index (χ0) is 10.4. The lowest BCUT2D eigenvalue weighted by Crippen LogP contribution is -2.05. The van der Waals surface area contributed by atoms with Crippen LogP contribution in [0.1, 0.15) is 24.5 Å². The Kier molecular flexibility index (Phi) is 4.08. The van der Waals surface area contributed by atoms with Gasteiger partial charge in [-0.1, -0.05) is 36.4 Å². The molecule has 0 aliphatic rings. The second-order valence-corrected chi connectivity index (χ2v) is 3.16. The molecule has 1 atom stereocenters. The van der Waals surface area contributed by atoms with E-state index in [0.29, 0.717) is 6.42 Å². The van der Waals surface area contributed by atoms with Gasteiger partial charge in [0.2, 0.25) is 0 Å². The molecule has 0 saturated heterocycles. The van der Waals surface area contributed by atoms with Crippen molar-refractivity contribution in [3.05, 3.63) is 48.6 Å². The summed E-state index contributed by atoms with van der Waals surface area (Å²) in [5.41, 5.74) is 0.782. The van der Waals surface area contributed by atoms with Gasteiger partial charge >= 0.3 is 0 Å². The highest BCUT2D eigenvalue weighted by molar-refractivity contribution is 5.80. The van der Waals surface area contributed by atoms with Crippen molar-refractivity contribution in [1.29, 1.82) is 0 Å². The zero-order valence-electron chi connectivity index (χ0n) is 8.02. The molecule has 74 valence electrons. The number of allylic oxidation sites excluding steroid dienone is 1. The lowest BCUT2D eigenvalue weighted by molar-refractivity contribution is -0.120. The Morgan fingerprint density at radius 3 is 2.64 bits per heavy atom. The van der Waals surface area contributed by atoms with Crippen molar-refractivity contribution in [2.24, 2.45) is 0 Å². The van der Waals surface area contributed by atoms with Gasteiger partial charge in [0.1, 0.15) is 5.78 Å². The van der Waals surface area contributed by atoms with Crippen molar-refractivity contribution < 1.29 is 9.90 Å². The topological polar surface area (TPSA) is 37.3 Å². The molecule has 0 aromatic heterocycles. The van der Waals surface area contributed by atoms with Gasteiger partial charge < -0.3 is 5.11 Å². The Balaban J connectivity index is 2.54. The minimum atomic E-state index is -0.691. The van der Waals surface area contributed by atoms with E-state index < -0.39 is 6.10 Å².